The second-order valence-corrected chi connectivity index (χ2v) is 7.74. The van der Waals surface area contributed by atoms with Crippen LogP contribution in [0.5, 0.6) is 0 Å². The smallest absolute Gasteiger partial charge is 0.157 e. The van der Waals surface area contributed by atoms with Crippen LogP contribution in [0.1, 0.15) is 54.9 Å². The molecule has 0 saturated carbocycles. The van der Waals surface area contributed by atoms with Crippen molar-refractivity contribution in [1.29, 1.82) is 0 Å². The first-order valence-electron chi connectivity index (χ1n) is 5.94. The summed E-state index contributed by atoms with van der Waals surface area (Å²) in [6.45, 7) is 14.7. The maximum Gasteiger partial charge on any atom is 0.157 e. The Morgan fingerprint density at radius 1 is 1.25 bits per heavy atom. The fraction of sp³-hybridized carbons (Fsp3) is 1.00. The van der Waals surface area contributed by atoms with Crippen LogP contribution in [-0.2, 0) is 16.1 Å². The maximum absolute atomic E-state index is 12.0. The lowest BCUT2D eigenvalue weighted by atomic mass is 10.2. The van der Waals surface area contributed by atoms with Crippen LogP contribution in [0.25, 0.3) is 0 Å². The van der Waals surface area contributed by atoms with Crippen molar-refractivity contribution in [3.63, 3.8) is 0 Å². The first kappa shape index (κ1) is 16.2. The summed E-state index contributed by atoms with van der Waals surface area (Å²) in [5.74, 6) is 0.482. The fourth-order valence-electron chi connectivity index (χ4n) is 0.903. The van der Waals surface area contributed by atoms with Gasteiger partial charge in [0.25, 0.3) is 0 Å². The third kappa shape index (κ3) is 6.09. The zero-order chi connectivity index (χ0) is 13.0. The first-order chi connectivity index (χ1) is 7.10. The lowest BCUT2D eigenvalue weighted by Crippen LogP contribution is -2.53. The minimum Gasteiger partial charge on any atom is -0.598 e. The van der Waals surface area contributed by atoms with E-state index in [0.29, 0.717) is 12.5 Å². The highest BCUT2D eigenvalue weighted by atomic mass is 32.2. The summed E-state index contributed by atoms with van der Waals surface area (Å²) in [6, 6.07) is 0. The van der Waals surface area contributed by atoms with Crippen LogP contribution in [0.15, 0.2) is 0 Å². The van der Waals surface area contributed by atoms with Gasteiger partial charge in [-0.2, -0.15) is 0 Å². The Hall–Kier alpha value is 0.230. The molecule has 0 spiro atoms. The summed E-state index contributed by atoms with van der Waals surface area (Å²) < 4.78 is 20.6. The molecule has 2 atom stereocenters. The van der Waals surface area contributed by atoms with Gasteiger partial charge in [0.05, 0.1) is 6.61 Å². The van der Waals surface area contributed by atoms with Gasteiger partial charge in [0.15, 0.2) is 5.72 Å². The van der Waals surface area contributed by atoms with E-state index in [0.717, 1.165) is 6.42 Å². The highest BCUT2D eigenvalue weighted by molar-refractivity contribution is 7.90. The lowest BCUT2D eigenvalue weighted by Gasteiger charge is -2.34. The van der Waals surface area contributed by atoms with E-state index in [4.69, 9.17) is 4.74 Å². The van der Waals surface area contributed by atoms with Crippen molar-refractivity contribution < 1.29 is 9.29 Å². The van der Waals surface area contributed by atoms with Crippen molar-refractivity contribution in [2.24, 2.45) is 5.92 Å². The Labute approximate surface area is 104 Å². The summed E-state index contributed by atoms with van der Waals surface area (Å²) in [7, 11) is 0. The monoisotopic (exact) mass is 249 g/mol. The van der Waals surface area contributed by atoms with Gasteiger partial charge >= 0.3 is 0 Å². The SMILES string of the molecule is CCC(C)(N[S+]([O-])C(C)(C)C)OCC(C)C. The Morgan fingerprint density at radius 3 is 2.06 bits per heavy atom. The Balaban J connectivity index is 4.36. The molecule has 0 aromatic carbocycles. The second-order valence-electron chi connectivity index (χ2n) is 5.77. The average molecular weight is 249 g/mol. The van der Waals surface area contributed by atoms with E-state index in [1.165, 1.54) is 0 Å². The van der Waals surface area contributed by atoms with Crippen molar-refractivity contribution in [2.45, 2.75) is 65.4 Å². The van der Waals surface area contributed by atoms with Gasteiger partial charge < -0.3 is 9.29 Å². The summed E-state index contributed by atoms with van der Waals surface area (Å²) in [5.41, 5.74) is -0.498. The molecular weight excluding hydrogens is 222 g/mol. The van der Waals surface area contributed by atoms with Crippen molar-refractivity contribution >= 4 is 11.4 Å². The quantitative estimate of drug-likeness (QED) is 0.581. The molecular formula is C12H27NO2S. The third-order valence-electron chi connectivity index (χ3n) is 2.27. The van der Waals surface area contributed by atoms with Gasteiger partial charge in [-0.1, -0.05) is 20.8 Å². The van der Waals surface area contributed by atoms with Gasteiger partial charge in [0, 0.05) is 11.4 Å². The van der Waals surface area contributed by atoms with Gasteiger partial charge in [0.1, 0.15) is 4.75 Å². The summed E-state index contributed by atoms with van der Waals surface area (Å²) >= 11 is -1.10. The highest BCUT2D eigenvalue weighted by Gasteiger charge is 2.35. The molecule has 16 heavy (non-hydrogen) atoms. The zero-order valence-corrected chi connectivity index (χ0v) is 12.5. The van der Waals surface area contributed by atoms with Crippen LogP contribution in [0.3, 0.4) is 0 Å². The molecule has 0 aliphatic carbocycles. The molecule has 0 aromatic rings. The van der Waals surface area contributed by atoms with Crippen LogP contribution in [0.4, 0.5) is 0 Å². The third-order valence-corrected chi connectivity index (χ3v) is 4.00. The topological polar surface area (TPSA) is 44.3 Å². The molecule has 0 heterocycles. The van der Waals surface area contributed by atoms with E-state index in [-0.39, 0.29) is 4.75 Å². The lowest BCUT2D eigenvalue weighted by molar-refractivity contribution is -0.0547. The Bertz CT molecular complexity index is 204. The van der Waals surface area contributed by atoms with E-state index >= 15 is 0 Å². The summed E-state index contributed by atoms with van der Waals surface area (Å²) in [4.78, 5) is 0. The van der Waals surface area contributed by atoms with Gasteiger partial charge in [-0.15, -0.1) is 4.72 Å². The Kier molecular flexibility index (Phi) is 6.33. The highest BCUT2D eigenvalue weighted by Crippen LogP contribution is 2.20. The van der Waals surface area contributed by atoms with E-state index in [9.17, 15) is 4.55 Å². The predicted octanol–water partition coefficient (Wildman–Crippen LogP) is 2.84. The number of ether oxygens (including phenoxy) is 1. The van der Waals surface area contributed by atoms with Crippen molar-refractivity contribution in [1.82, 2.24) is 4.72 Å². The molecule has 0 fully saturated rings. The van der Waals surface area contributed by atoms with Crippen LogP contribution in [0.2, 0.25) is 0 Å². The van der Waals surface area contributed by atoms with E-state index in [1.807, 2.05) is 34.6 Å². The largest absolute Gasteiger partial charge is 0.598 e. The van der Waals surface area contributed by atoms with E-state index < -0.39 is 17.1 Å². The van der Waals surface area contributed by atoms with Gasteiger partial charge in [-0.3, -0.25) is 0 Å². The minimum absolute atomic E-state index is 0.266. The molecule has 4 heteroatoms. The van der Waals surface area contributed by atoms with Crippen LogP contribution in [-0.4, -0.2) is 21.6 Å². The maximum atomic E-state index is 12.0. The summed E-state index contributed by atoms with van der Waals surface area (Å²) in [6.07, 6.45) is 0.793. The van der Waals surface area contributed by atoms with E-state index in [1.54, 1.807) is 0 Å². The average Bonchev–Trinajstić information content (AvgIpc) is 2.13. The van der Waals surface area contributed by atoms with E-state index in [2.05, 4.69) is 18.6 Å². The molecule has 1 N–H and O–H groups in total. The standard InChI is InChI=1S/C12H27NO2S/c1-8-12(7,15-9-10(2)3)13-16(14)11(4,5)6/h10,13H,8-9H2,1-7H3. The fourth-order valence-corrected chi connectivity index (χ4v) is 1.81. The number of nitrogens with one attached hydrogen (secondary N) is 1. The molecule has 0 bridgehead atoms. The minimum atomic E-state index is -1.10. The van der Waals surface area contributed by atoms with Gasteiger partial charge in [-0.25, -0.2) is 0 Å². The number of hydrogen-bond donors (Lipinski definition) is 1. The van der Waals surface area contributed by atoms with Gasteiger partial charge in [0.2, 0.25) is 0 Å². The molecule has 0 amide bonds. The van der Waals surface area contributed by atoms with Crippen LogP contribution in [0, 0.1) is 5.92 Å². The van der Waals surface area contributed by atoms with Crippen molar-refractivity contribution in [3.05, 3.63) is 0 Å². The van der Waals surface area contributed by atoms with Crippen molar-refractivity contribution in [3.8, 4) is 0 Å². The number of rotatable bonds is 6. The zero-order valence-electron chi connectivity index (χ0n) is 11.7. The van der Waals surface area contributed by atoms with Crippen LogP contribution < -0.4 is 4.72 Å². The number of hydrogen-bond acceptors (Lipinski definition) is 3. The second kappa shape index (κ2) is 6.24. The van der Waals surface area contributed by atoms with Gasteiger partial charge in [-0.05, 0) is 40.0 Å². The predicted molar refractivity (Wildman–Crippen MR) is 70.5 cm³/mol. The molecule has 0 rings (SSSR count). The van der Waals surface area contributed by atoms with Crippen molar-refractivity contribution in [2.75, 3.05) is 6.61 Å². The molecule has 0 radical (unpaired) electrons. The molecule has 2 unspecified atom stereocenters. The summed E-state index contributed by atoms with van der Waals surface area (Å²) in [5, 5.41) is 0. The first-order valence-corrected chi connectivity index (χ1v) is 7.09. The molecule has 3 nitrogen and oxygen atoms in total. The molecule has 0 aromatic heterocycles. The normalized spacial score (nSPS) is 18.6. The molecule has 98 valence electrons. The molecule has 0 aliphatic rings. The molecule has 0 saturated heterocycles. The Morgan fingerprint density at radius 2 is 1.75 bits per heavy atom. The molecule has 0 aliphatic heterocycles. The van der Waals surface area contributed by atoms with Crippen LogP contribution >= 0.6 is 0 Å².